The maximum absolute atomic E-state index is 13.4. The summed E-state index contributed by atoms with van der Waals surface area (Å²) in [4.78, 5) is 0. The predicted octanol–water partition coefficient (Wildman–Crippen LogP) is 4.27. The van der Waals surface area contributed by atoms with Crippen molar-refractivity contribution in [1.82, 2.24) is 0 Å². The summed E-state index contributed by atoms with van der Waals surface area (Å²) in [7, 11) is 0. The molecule has 2 N–H and O–H groups in total. The monoisotopic (exact) mass is 243 g/mol. The van der Waals surface area contributed by atoms with Crippen LogP contribution in [-0.2, 0) is 6.42 Å². The van der Waals surface area contributed by atoms with Crippen LogP contribution in [-0.4, -0.2) is 0 Å². The lowest BCUT2D eigenvalue weighted by Gasteiger charge is -2.09. The van der Waals surface area contributed by atoms with Crippen LogP contribution in [0.2, 0.25) is 0 Å². The van der Waals surface area contributed by atoms with Crippen LogP contribution in [0.25, 0.3) is 11.1 Å². The van der Waals surface area contributed by atoms with Crippen molar-refractivity contribution in [1.29, 1.82) is 0 Å². The first kappa shape index (κ1) is 12.6. The zero-order chi connectivity index (χ0) is 13.1. The summed E-state index contributed by atoms with van der Waals surface area (Å²) in [6.45, 7) is 4.39. The quantitative estimate of drug-likeness (QED) is 0.800. The molecule has 0 bridgehead atoms. The number of halogens is 1. The minimum Gasteiger partial charge on any atom is -0.396 e. The average Bonchev–Trinajstić information content (AvgIpc) is 2.33. The van der Waals surface area contributed by atoms with Gasteiger partial charge in [-0.15, -0.1) is 0 Å². The van der Waals surface area contributed by atoms with Gasteiger partial charge in [0.15, 0.2) is 0 Å². The van der Waals surface area contributed by atoms with Gasteiger partial charge in [-0.05, 0) is 29.5 Å². The maximum Gasteiger partial charge on any atom is 0.146 e. The second kappa shape index (κ2) is 5.21. The van der Waals surface area contributed by atoms with Crippen molar-refractivity contribution in [3.8, 4) is 11.1 Å². The molecule has 0 spiro atoms. The molecular weight excluding hydrogens is 225 g/mol. The molecule has 0 saturated carbocycles. The molecule has 0 aliphatic carbocycles. The van der Waals surface area contributed by atoms with E-state index in [1.54, 1.807) is 6.07 Å². The first-order chi connectivity index (χ1) is 8.58. The molecule has 2 rings (SSSR count). The van der Waals surface area contributed by atoms with E-state index in [-0.39, 0.29) is 11.5 Å². The van der Waals surface area contributed by atoms with Crippen LogP contribution < -0.4 is 5.73 Å². The van der Waals surface area contributed by atoms with Crippen molar-refractivity contribution in [3.63, 3.8) is 0 Å². The number of nitrogen functional groups attached to an aromatic ring is 1. The van der Waals surface area contributed by atoms with Crippen molar-refractivity contribution in [2.24, 2.45) is 5.92 Å². The highest BCUT2D eigenvalue weighted by atomic mass is 19.1. The number of para-hydroxylation sites is 1. The van der Waals surface area contributed by atoms with E-state index in [4.69, 9.17) is 5.73 Å². The van der Waals surface area contributed by atoms with Gasteiger partial charge < -0.3 is 5.73 Å². The fourth-order valence-corrected chi connectivity index (χ4v) is 2.08. The van der Waals surface area contributed by atoms with Gasteiger partial charge in [0.25, 0.3) is 0 Å². The molecule has 0 saturated heterocycles. The molecule has 2 aromatic rings. The average molecular weight is 243 g/mol. The van der Waals surface area contributed by atoms with Crippen molar-refractivity contribution in [2.75, 3.05) is 5.73 Å². The molecule has 2 aromatic carbocycles. The van der Waals surface area contributed by atoms with Gasteiger partial charge in [0.1, 0.15) is 5.82 Å². The van der Waals surface area contributed by atoms with Crippen LogP contribution in [0.15, 0.2) is 42.5 Å². The smallest absolute Gasteiger partial charge is 0.146 e. The molecule has 0 aliphatic rings. The van der Waals surface area contributed by atoms with Gasteiger partial charge in [-0.3, -0.25) is 0 Å². The van der Waals surface area contributed by atoms with Gasteiger partial charge >= 0.3 is 0 Å². The molecule has 94 valence electrons. The fourth-order valence-electron chi connectivity index (χ4n) is 2.08. The van der Waals surface area contributed by atoms with Crippen LogP contribution in [0.1, 0.15) is 19.4 Å². The second-order valence-corrected chi connectivity index (χ2v) is 5.00. The third-order valence-electron chi connectivity index (χ3n) is 2.96. The lowest BCUT2D eigenvalue weighted by Crippen LogP contribution is -1.95. The van der Waals surface area contributed by atoms with Crippen molar-refractivity contribution < 1.29 is 4.39 Å². The minimum absolute atomic E-state index is 0.217. The van der Waals surface area contributed by atoms with Crippen LogP contribution in [0, 0.1) is 11.7 Å². The van der Waals surface area contributed by atoms with Crippen LogP contribution in [0.5, 0.6) is 0 Å². The Morgan fingerprint density at radius 3 is 2.33 bits per heavy atom. The van der Waals surface area contributed by atoms with E-state index in [1.807, 2.05) is 18.2 Å². The molecule has 2 heteroatoms. The zero-order valence-electron chi connectivity index (χ0n) is 10.8. The van der Waals surface area contributed by atoms with Gasteiger partial charge in [-0.2, -0.15) is 0 Å². The Balaban J connectivity index is 2.32. The highest BCUT2D eigenvalue weighted by Crippen LogP contribution is 2.28. The fraction of sp³-hybridized carbons (Fsp3) is 0.250. The van der Waals surface area contributed by atoms with Gasteiger partial charge in [-0.1, -0.05) is 50.2 Å². The van der Waals surface area contributed by atoms with E-state index < -0.39 is 0 Å². The SMILES string of the molecule is CC(C)Cc1ccc(-c2cccc(F)c2N)cc1. The number of nitrogens with two attached hydrogens (primary N) is 1. The molecular formula is C16H18FN. The summed E-state index contributed by atoms with van der Waals surface area (Å²) in [6, 6.07) is 13.1. The Labute approximate surface area is 107 Å². The molecule has 0 fully saturated rings. The third-order valence-corrected chi connectivity index (χ3v) is 2.96. The molecule has 0 atom stereocenters. The Morgan fingerprint density at radius 1 is 1.06 bits per heavy atom. The maximum atomic E-state index is 13.4. The minimum atomic E-state index is -0.362. The summed E-state index contributed by atoms with van der Waals surface area (Å²) < 4.78 is 13.4. The molecule has 1 nitrogen and oxygen atoms in total. The molecule has 18 heavy (non-hydrogen) atoms. The first-order valence-electron chi connectivity index (χ1n) is 6.21. The first-order valence-corrected chi connectivity index (χ1v) is 6.21. The predicted molar refractivity (Wildman–Crippen MR) is 74.8 cm³/mol. The van der Waals surface area contributed by atoms with Gasteiger partial charge in [0.2, 0.25) is 0 Å². The van der Waals surface area contributed by atoms with Crippen LogP contribution in [0.4, 0.5) is 10.1 Å². The summed E-state index contributed by atoms with van der Waals surface area (Å²) in [5, 5.41) is 0. The van der Waals surface area contributed by atoms with E-state index in [0.29, 0.717) is 5.92 Å². The highest BCUT2D eigenvalue weighted by Gasteiger charge is 2.06. The third kappa shape index (κ3) is 2.70. The van der Waals surface area contributed by atoms with E-state index in [9.17, 15) is 4.39 Å². The number of hydrogen-bond donors (Lipinski definition) is 1. The molecule has 0 unspecified atom stereocenters. The lowest BCUT2D eigenvalue weighted by molar-refractivity contribution is 0.633. The molecule has 0 amide bonds. The van der Waals surface area contributed by atoms with E-state index in [0.717, 1.165) is 17.5 Å². The summed E-state index contributed by atoms with van der Waals surface area (Å²) in [6.07, 6.45) is 1.05. The van der Waals surface area contributed by atoms with E-state index >= 15 is 0 Å². The number of hydrogen-bond acceptors (Lipinski definition) is 1. The molecule has 0 radical (unpaired) electrons. The summed E-state index contributed by atoms with van der Waals surface area (Å²) in [5.74, 6) is 0.272. The normalized spacial score (nSPS) is 10.9. The standard InChI is InChI=1S/C16H18FN/c1-11(2)10-12-6-8-13(9-7-12)14-4-3-5-15(17)16(14)18/h3-9,11H,10,18H2,1-2H3. The van der Waals surface area contributed by atoms with E-state index in [2.05, 4.69) is 26.0 Å². The highest BCUT2D eigenvalue weighted by molar-refractivity contribution is 5.76. The van der Waals surface area contributed by atoms with Crippen molar-refractivity contribution >= 4 is 5.69 Å². The Morgan fingerprint density at radius 2 is 1.72 bits per heavy atom. The Bertz CT molecular complexity index is 529. The van der Waals surface area contributed by atoms with Crippen molar-refractivity contribution in [2.45, 2.75) is 20.3 Å². The number of rotatable bonds is 3. The lowest BCUT2D eigenvalue weighted by atomic mass is 9.98. The van der Waals surface area contributed by atoms with Crippen molar-refractivity contribution in [3.05, 3.63) is 53.8 Å². The van der Waals surface area contributed by atoms with Gasteiger partial charge in [0, 0.05) is 5.56 Å². The largest absolute Gasteiger partial charge is 0.396 e. The molecule has 0 aromatic heterocycles. The van der Waals surface area contributed by atoms with Gasteiger partial charge in [-0.25, -0.2) is 4.39 Å². The number of anilines is 1. The summed E-state index contributed by atoms with van der Waals surface area (Å²) >= 11 is 0. The zero-order valence-corrected chi connectivity index (χ0v) is 10.8. The van der Waals surface area contributed by atoms with Gasteiger partial charge in [0.05, 0.1) is 5.69 Å². The topological polar surface area (TPSA) is 26.0 Å². The summed E-state index contributed by atoms with van der Waals surface area (Å²) in [5.41, 5.74) is 8.98. The Hall–Kier alpha value is -1.83. The second-order valence-electron chi connectivity index (χ2n) is 5.00. The van der Waals surface area contributed by atoms with E-state index in [1.165, 1.54) is 11.6 Å². The molecule has 0 heterocycles. The van der Waals surface area contributed by atoms with Crippen LogP contribution in [0.3, 0.4) is 0 Å². The van der Waals surface area contributed by atoms with Crippen LogP contribution >= 0.6 is 0 Å². The number of benzene rings is 2. The Kier molecular flexibility index (Phi) is 3.66. The molecule has 0 aliphatic heterocycles.